The van der Waals surface area contributed by atoms with Crippen molar-refractivity contribution in [3.05, 3.63) is 11.1 Å². The van der Waals surface area contributed by atoms with Crippen molar-refractivity contribution in [2.45, 2.75) is 40.0 Å². The van der Waals surface area contributed by atoms with Crippen molar-refractivity contribution in [2.24, 2.45) is 5.92 Å². The number of hydrogen-bond donors (Lipinski definition) is 0. The van der Waals surface area contributed by atoms with Crippen molar-refractivity contribution in [3.8, 4) is 0 Å². The lowest BCUT2D eigenvalue weighted by molar-refractivity contribution is -0.145. The maximum atomic E-state index is 11.2. The first kappa shape index (κ1) is 15.7. The van der Waals surface area contributed by atoms with Crippen molar-refractivity contribution in [1.29, 1.82) is 0 Å². The van der Waals surface area contributed by atoms with Crippen molar-refractivity contribution in [2.75, 3.05) is 14.2 Å². The molecule has 0 N–H and O–H groups in total. The van der Waals surface area contributed by atoms with E-state index in [0.29, 0.717) is 6.42 Å². The van der Waals surface area contributed by atoms with Gasteiger partial charge >= 0.3 is 11.9 Å². The molecule has 0 bridgehead atoms. The van der Waals surface area contributed by atoms with E-state index >= 15 is 0 Å². The first-order valence-corrected chi connectivity index (χ1v) is 5.72. The van der Waals surface area contributed by atoms with Gasteiger partial charge in [-0.1, -0.05) is 18.1 Å². The smallest absolute Gasteiger partial charge is 0.309 e. The number of rotatable bonds is 6. The van der Waals surface area contributed by atoms with E-state index in [1.807, 2.05) is 20.8 Å². The van der Waals surface area contributed by atoms with E-state index in [9.17, 15) is 9.59 Å². The molecule has 98 valence electrons. The summed E-state index contributed by atoms with van der Waals surface area (Å²) in [6, 6.07) is 0. The molecule has 0 aliphatic rings. The van der Waals surface area contributed by atoms with Crippen LogP contribution in [0, 0.1) is 5.92 Å². The maximum Gasteiger partial charge on any atom is 0.309 e. The first-order chi connectivity index (χ1) is 7.92. The van der Waals surface area contributed by atoms with Crippen molar-refractivity contribution in [3.63, 3.8) is 0 Å². The van der Waals surface area contributed by atoms with Crippen LogP contribution in [0.3, 0.4) is 0 Å². The Labute approximate surface area is 103 Å². The number of methoxy groups -OCH3 is 2. The standard InChI is InChI=1S/C13H22O4/c1-9(11(3)8-12(14)16-4)6-7-10(2)13(15)17-5/h10H,6-8H2,1-5H3/b11-9-. The Bertz CT molecular complexity index is 305. The van der Waals surface area contributed by atoms with Crippen LogP contribution in [0.1, 0.15) is 40.0 Å². The van der Waals surface area contributed by atoms with Gasteiger partial charge in [-0.2, -0.15) is 0 Å². The van der Waals surface area contributed by atoms with Gasteiger partial charge < -0.3 is 9.47 Å². The molecule has 0 aromatic carbocycles. The van der Waals surface area contributed by atoms with Gasteiger partial charge in [0.2, 0.25) is 0 Å². The topological polar surface area (TPSA) is 52.6 Å². The molecule has 0 spiro atoms. The second kappa shape index (κ2) is 7.87. The summed E-state index contributed by atoms with van der Waals surface area (Å²) in [5, 5.41) is 0. The molecule has 0 amide bonds. The zero-order valence-electron chi connectivity index (χ0n) is 11.3. The molecule has 0 aromatic rings. The van der Waals surface area contributed by atoms with Gasteiger partial charge in [0.05, 0.1) is 26.6 Å². The molecule has 0 heterocycles. The van der Waals surface area contributed by atoms with E-state index in [0.717, 1.165) is 24.0 Å². The molecular formula is C13H22O4. The van der Waals surface area contributed by atoms with E-state index < -0.39 is 0 Å². The van der Waals surface area contributed by atoms with Crippen LogP contribution in [-0.4, -0.2) is 26.2 Å². The van der Waals surface area contributed by atoms with Gasteiger partial charge in [0.15, 0.2) is 0 Å². The summed E-state index contributed by atoms with van der Waals surface area (Å²) in [7, 11) is 2.77. The highest BCUT2D eigenvalue weighted by Gasteiger charge is 2.13. The number of esters is 2. The Kier molecular flexibility index (Phi) is 7.26. The molecule has 0 saturated heterocycles. The molecule has 0 fully saturated rings. The number of carbonyl (C=O) groups is 2. The maximum absolute atomic E-state index is 11.2. The summed E-state index contributed by atoms with van der Waals surface area (Å²) in [5.74, 6) is -0.535. The fourth-order valence-electron chi connectivity index (χ4n) is 1.41. The first-order valence-electron chi connectivity index (χ1n) is 5.72. The minimum Gasteiger partial charge on any atom is -0.469 e. The van der Waals surface area contributed by atoms with Crippen LogP contribution in [0.15, 0.2) is 11.1 Å². The minimum atomic E-state index is -0.233. The molecule has 0 rings (SSSR count). The predicted molar refractivity (Wildman–Crippen MR) is 65.4 cm³/mol. The molecule has 0 aliphatic carbocycles. The fraction of sp³-hybridized carbons (Fsp3) is 0.692. The van der Waals surface area contributed by atoms with E-state index in [4.69, 9.17) is 0 Å². The Morgan fingerprint density at radius 2 is 1.65 bits per heavy atom. The van der Waals surface area contributed by atoms with E-state index in [-0.39, 0.29) is 17.9 Å². The van der Waals surface area contributed by atoms with Crippen LogP contribution in [0.2, 0.25) is 0 Å². The molecule has 0 aromatic heterocycles. The van der Waals surface area contributed by atoms with Gasteiger partial charge in [-0.3, -0.25) is 9.59 Å². The third-order valence-corrected chi connectivity index (χ3v) is 2.92. The Morgan fingerprint density at radius 3 is 2.12 bits per heavy atom. The summed E-state index contributed by atoms with van der Waals surface area (Å²) in [5.41, 5.74) is 2.14. The normalized spacial score (nSPS) is 13.7. The third kappa shape index (κ3) is 6.09. The number of allylic oxidation sites excluding steroid dienone is 1. The van der Waals surface area contributed by atoms with E-state index in [1.165, 1.54) is 14.2 Å². The molecular weight excluding hydrogens is 220 g/mol. The van der Waals surface area contributed by atoms with Crippen LogP contribution in [0.4, 0.5) is 0 Å². The van der Waals surface area contributed by atoms with Crippen LogP contribution < -0.4 is 0 Å². The SMILES string of the molecule is COC(=O)C/C(C)=C(/C)CCC(C)C(=O)OC. The molecule has 4 nitrogen and oxygen atoms in total. The third-order valence-electron chi connectivity index (χ3n) is 2.92. The summed E-state index contributed by atoms with van der Waals surface area (Å²) in [6.45, 7) is 5.73. The fourth-order valence-corrected chi connectivity index (χ4v) is 1.41. The van der Waals surface area contributed by atoms with E-state index in [2.05, 4.69) is 9.47 Å². The van der Waals surface area contributed by atoms with Gasteiger partial charge in [-0.25, -0.2) is 0 Å². The lowest BCUT2D eigenvalue weighted by atomic mass is 9.98. The quantitative estimate of drug-likeness (QED) is 0.530. The van der Waals surface area contributed by atoms with Gasteiger partial charge in [0, 0.05) is 0 Å². The van der Waals surface area contributed by atoms with Crippen LogP contribution in [-0.2, 0) is 19.1 Å². The lowest BCUT2D eigenvalue weighted by Gasteiger charge is -2.11. The van der Waals surface area contributed by atoms with Gasteiger partial charge in [0.25, 0.3) is 0 Å². The summed E-state index contributed by atoms with van der Waals surface area (Å²) in [4.78, 5) is 22.3. The Morgan fingerprint density at radius 1 is 1.06 bits per heavy atom. The highest BCUT2D eigenvalue weighted by molar-refractivity contribution is 5.72. The lowest BCUT2D eigenvalue weighted by Crippen LogP contribution is -2.12. The summed E-state index contributed by atoms with van der Waals surface area (Å²) >= 11 is 0. The van der Waals surface area contributed by atoms with Gasteiger partial charge in [-0.15, -0.1) is 0 Å². The molecule has 1 atom stereocenters. The molecule has 17 heavy (non-hydrogen) atoms. The van der Waals surface area contributed by atoms with Crippen LogP contribution in [0.5, 0.6) is 0 Å². The predicted octanol–water partition coefficient (Wildman–Crippen LogP) is 2.48. The summed E-state index contributed by atoms with van der Waals surface area (Å²) < 4.78 is 9.26. The highest BCUT2D eigenvalue weighted by Crippen LogP contribution is 2.18. The zero-order chi connectivity index (χ0) is 13.4. The second-order valence-electron chi connectivity index (χ2n) is 4.28. The monoisotopic (exact) mass is 242 g/mol. The molecule has 0 aliphatic heterocycles. The van der Waals surface area contributed by atoms with Crippen molar-refractivity contribution >= 4 is 11.9 Å². The average Bonchev–Trinajstić information content (AvgIpc) is 2.33. The van der Waals surface area contributed by atoms with E-state index in [1.54, 1.807) is 0 Å². The van der Waals surface area contributed by atoms with Crippen LogP contribution in [0.25, 0.3) is 0 Å². The van der Waals surface area contributed by atoms with Gasteiger partial charge in [0.1, 0.15) is 0 Å². The average molecular weight is 242 g/mol. The van der Waals surface area contributed by atoms with Crippen molar-refractivity contribution in [1.82, 2.24) is 0 Å². The molecule has 0 saturated carbocycles. The second-order valence-corrected chi connectivity index (χ2v) is 4.28. The molecule has 1 unspecified atom stereocenters. The number of carbonyl (C=O) groups excluding carboxylic acids is 2. The number of hydrogen-bond acceptors (Lipinski definition) is 4. The molecule has 4 heteroatoms. The Hall–Kier alpha value is -1.32. The van der Waals surface area contributed by atoms with Crippen molar-refractivity contribution < 1.29 is 19.1 Å². The Balaban J connectivity index is 4.23. The van der Waals surface area contributed by atoms with Gasteiger partial charge in [-0.05, 0) is 26.7 Å². The zero-order valence-corrected chi connectivity index (χ0v) is 11.3. The largest absolute Gasteiger partial charge is 0.469 e. The summed E-state index contributed by atoms with van der Waals surface area (Å²) in [6.07, 6.45) is 1.84. The highest BCUT2D eigenvalue weighted by atomic mass is 16.5. The number of ether oxygens (including phenoxy) is 2. The van der Waals surface area contributed by atoms with Crippen LogP contribution >= 0.6 is 0 Å². The minimum absolute atomic E-state index is 0.110. The molecule has 0 radical (unpaired) electrons.